The summed E-state index contributed by atoms with van der Waals surface area (Å²) in [6.07, 6.45) is 1.73. The number of para-hydroxylation sites is 1. The van der Waals surface area contributed by atoms with Crippen LogP contribution in [-0.4, -0.2) is 31.1 Å². The molecule has 7 heteroatoms. The molecule has 0 bridgehead atoms. The Bertz CT molecular complexity index is 1030. The lowest BCUT2D eigenvalue weighted by Crippen LogP contribution is -2.32. The molecule has 1 atom stereocenters. The van der Waals surface area contributed by atoms with Gasteiger partial charge in [-0.25, -0.2) is 9.78 Å². The van der Waals surface area contributed by atoms with Gasteiger partial charge in [-0.1, -0.05) is 18.2 Å². The molecule has 0 N–H and O–H groups in total. The first kappa shape index (κ1) is 15.0. The first-order valence-corrected chi connectivity index (χ1v) is 8.55. The van der Waals surface area contributed by atoms with E-state index in [0.29, 0.717) is 12.3 Å². The van der Waals surface area contributed by atoms with Gasteiger partial charge >= 0.3 is 5.69 Å². The Morgan fingerprint density at radius 3 is 2.79 bits per heavy atom. The van der Waals surface area contributed by atoms with Crippen LogP contribution in [0.5, 0.6) is 0 Å². The van der Waals surface area contributed by atoms with Crippen LogP contribution >= 0.6 is 11.3 Å². The van der Waals surface area contributed by atoms with Crippen LogP contribution in [0.15, 0.2) is 53.5 Å². The number of fused-ring (bicyclic) bond motifs is 2. The summed E-state index contributed by atoms with van der Waals surface area (Å²) < 4.78 is 4.22. The van der Waals surface area contributed by atoms with Gasteiger partial charge in [0.15, 0.2) is 5.65 Å². The average Bonchev–Trinajstić information content (AvgIpc) is 3.16. The molecule has 4 aromatic rings. The van der Waals surface area contributed by atoms with Crippen LogP contribution in [0.2, 0.25) is 0 Å². The van der Waals surface area contributed by atoms with Gasteiger partial charge in [0.05, 0.1) is 22.9 Å². The lowest BCUT2D eigenvalue weighted by atomic mass is 10.3. The number of thiazole rings is 1. The van der Waals surface area contributed by atoms with E-state index in [0.717, 1.165) is 10.5 Å². The second kappa shape index (κ2) is 5.85. The highest BCUT2D eigenvalue weighted by Gasteiger charge is 2.18. The first-order valence-electron chi connectivity index (χ1n) is 7.73. The van der Waals surface area contributed by atoms with Crippen molar-refractivity contribution in [2.24, 2.45) is 0 Å². The second-order valence-corrected chi connectivity index (χ2v) is 6.87. The molecule has 0 aliphatic carbocycles. The van der Waals surface area contributed by atoms with Gasteiger partial charge in [-0.15, -0.1) is 16.4 Å². The Kier molecular flexibility index (Phi) is 3.66. The maximum atomic E-state index is 12.4. The third-order valence-corrected chi connectivity index (χ3v) is 5.38. The highest BCUT2D eigenvalue weighted by molar-refractivity contribution is 7.18. The summed E-state index contributed by atoms with van der Waals surface area (Å²) in [5, 5.41) is 5.42. The predicted octanol–water partition coefficient (Wildman–Crippen LogP) is 2.76. The summed E-state index contributed by atoms with van der Waals surface area (Å²) in [5.74, 6) is 0. The molecular formula is C17H17N5OS. The number of hydrogen-bond acceptors (Lipinski definition) is 5. The van der Waals surface area contributed by atoms with E-state index in [2.05, 4.69) is 23.0 Å². The minimum atomic E-state index is -0.131. The molecule has 3 heterocycles. The Morgan fingerprint density at radius 2 is 2.00 bits per heavy atom. The third kappa shape index (κ3) is 2.51. The lowest BCUT2D eigenvalue weighted by Gasteiger charge is -2.21. The van der Waals surface area contributed by atoms with Gasteiger partial charge in [-0.05, 0) is 38.2 Å². The van der Waals surface area contributed by atoms with Crippen molar-refractivity contribution in [1.82, 2.24) is 24.1 Å². The highest BCUT2D eigenvalue weighted by Crippen LogP contribution is 2.28. The maximum absolute atomic E-state index is 12.4. The van der Waals surface area contributed by atoms with Gasteiger partial charge in [-0.2, -0.15) is 4.68 Å². The van der Waals surface area contributed by atoms with Crippen LogP contribution in [0.1, 0.15) is 18.0 Å². The lowest BCUT2D eigenvalue weighted by molar-refractivity contribution is 0.193. The predicted molar refractivity (Wildman–Crippen MR) is 95.3 cm³/mol. The molecule has 6 nitrogen and oxygen atoms in total. The molecule has 4 rings (SSSR count). The number of pyridine rings is 1. The summed E-state index contributed by atoms with van der Waals surface area (Å²) >= 11 is 1.69. The van der Waals surface area contributed by atoms with Gasteiger partial charge in [0.25, 0.3) is 0 Å². The quantitative estimate of drug-likeness (QED) is 0.574. The van der Waals surface area contributed by atoms with E-state index in [4.69, 9.17) is 4.98 Å². The molecule has 0 amide bonds. The Balaban J connectivity index is 1.61. The highest BCUT2D eigenvalue weighted by atomic mass is 32.1. The summed E-state index contributed by atoms with van der Waals surface area (Å²) in [6.45, 7) is 2.51. The molecule has 0 fully saturated rings. The Hall–Kier alpha value is -2.51. The molecule has 3 aromatic heterocycles. The van der Waals surface area contributed by atoms with E-state index < -0.39 is 0 Å². The minimum Gasteiger partial charge on any atom is -0.278 e. The van der Waals surface area contributed by atoms with Gasteiger partial charge in [-0.3, -0.25) is 9.30 Å². The zero-order valence-corrected chi connectivity index (χ0v) is 14.3. The number of nitrogens with zero attached hydrogens (tertiary/aromatic N) is 5. The molecule has 24 heavy (non-hydrogen) atoms. The Labute approximate surface area is 142 Å². The number of benzene rings is 1. The minimum absolute atomic E-state index is 0.0964. The molecule has 0 saturated carbocycles. The molecule has 0 aliphatic heterocycles. The van der Waals surface area contributed by atoms with Crippen molar-refractivity contribution in [3.8, 4) is 0 Å². The van der Waals surface area contributed by atoms with Crippen LogP contribution in [0, 0.1) is 0 Å². The molecular weight excluding hydrogens is 322 g/mol. The molecule has 0 aliphatic rings. The Morgan fingerprint density at radius 1 is 1.21 bits per heavy atom. The molecule has 122 valence electrons. The molecule has 0 radical (unpaired) electrons. The normalized spacial score (nSPS) is 13.1. The number of rotatable bonds is 4. The summed E-state index contributed by atoms with van der Waals surface area (Å²) in [4.78, 5) is 19.2. The molecule has 0 saturated heterocycles. The van der Waals surface area contributed by atoms with Crippen LogP contribution in [0.25, 0.3) is 15.9 Å². The van der Waals surface area contributed by atoms with Gasteiger partial charge in [0, 0.05) is 6.20 Å². The summed E-state index contributed by atoms with van der Waals surface area (Å²) in [7, 11) is 1.98. The van der Waals surface area contributed by atoms with Crippen LogP contribution in [0.3, 0.4) is 0 Å². The van der Waals surface area contributed by atoms with Crippen molar-refractivity contribution in [3.63, 3.8) is 0 Å². The van der Waals surface area contributed by atoms with Gasteiger partial charge < -0.3 is 0 Å². The SMILES string of the molecule is C[C@@H](c1nc2ccccc2s1)N(C)Cn1nc2ccccn2c1=O. The average molecular weight is 339 g/mol. The monoisotopic (exact) mass is 339 g/mol. The first-order chi connectivity index (χ1) is 11.6. The van der Waals surface area contributed by atoms with Crippen molar-refractivity contribution < 1.29 is 0 Å². The molecule has 1 aromatic carbocycles. The van der Waals surface area contributed by atoms with Crippen molar-refractivity contribution >= 4 is 27.2 Å². The topological polar surface area (TPSA) is 55.4 Å². The standard InChI is InChI=1S/C17H17N5OS/c1-12(16-18-13-7-3-4-8-14(13)24-16)20(2)11-22-17(23)21-10-6-5-9-15(21)19-22/h3-10,12H,11H2,1-2H3/t12-/m0/s1. The molecule has 0 spiro atoms. The van der Waals surface area contributed by atoms with Crippen molar-refractivity contribution in [1.29, 1.82) is 0 Å². The maximum Gasteiger partial charge on any atom is 0.351 e. The molecule has 0 unspecified atom stereocenters. The van der Waals surface area contributed by atoms with Crippen LogP contribution in [0.4, 0.5) is 0 Å². The number of aromatic nitrogens is 4. The van der Waals surface area contributed by atoms with E-state index in [1.807, 2.05) is 43.4 Å². The van der Waals surface area contributed by atoms with Crippen LogP contribution in [-0.2, 0) is 6.67 Å². The van der Waals surface area contributed by atoms with Crippen molar-refractivity contribution in [3.05, 3.63) is 64.2 Å². The van der Waals surface area contributed by atoms with Gasteiger partial charge in [0.1, 0.15) is 5.01 Å². The van der Waals surface area contributed by atoms with Gasteiger partial charge in [0.2, 0.25) is 0 Å². The number of hydrogen-bond donors (Lipinski definition) is 0. The fourth-order valence-corrected chi connectivity index (χ4v) is 3.74. The van der Waals surface area contributed by atoms with Crippen molar-refractivity contribution in [2.45, 2.75) is 19.6 Å². The van der Waals surface area contributed by atoms with E-state index in [-0.39, 0.29) is 11.7 Å². The van der Waals surface area contributed by atoms with Crippen LogP contribution < -0.4 is 5.69 Å². The summed E-state index contributed by atoms with van der Waals surface area (Å²) in [6, 6.07) is 13.7. The van der Waals surface area contributed by atoms with E-state index in [9.17, 15) is 4.79 Å². The zero-order valence-electron chi connectivity index (χ0n) is 13.5. The largest absolute Gasteiger partial charge is 0.351 e. The van der Waals surface area contributed by atoms with E-state index in [1.54, 1.807) is 21.9 Å². The third-order valence-electron chi connectivity index (χ3n) is 4.17. The summed E-state index contributed by atoms with van der Waals surface area (Å²) in [5.41, 5.74) is 1.54. The fourth-order valence-electron chi connectivity index (χ4n) is 2.65. The fraction of sp³-hybridized carbons (Fsp3) is 0.235. The van der Waals surface area contributed by atoms with E-state index in [1.165, 1.54) is 9.38 Å². The second-order valence-electron chi connectivity index (χ2n) is 5.81. The zero-order chi connectivity index (χ0) is 16.7. The van der Waals surface area contributed by atoms with E-state index >= 15 is 0 Å². The van der Waals surface area contributed by atoms with Crippen molar-refractivity contribution in [2.75, 3.05) is 7.05 Å². The smallest absolute Gasteiger partial charge is 0.278 e.